The lowest BCUT2D eigenvalue weighted by atomic mass is 9.89. The number of nitrogens with zero attached hydrogens (tertiary/aromatic N) is 4. The molecule has 7 nitrogen and oxygen atoms in total. The molecule has 7 heteroatoms. The summed E-state index contributed by atoms with van der Waals surface area (Å²) < 4.78 is 0. The Hall–Kier alpha value is -3.42. The van der Waals surface area contributed by atoms with Crippen LogP contribution in [0.1, 0.15) is 65.9 Å². The minimum absolute atomic E-state index is 0.000886. The van der Waals surface area contributed by atoms with Crippen LogP contribution in [0.2, 0.25) is 0 Å². The van der Waals surface area contributed by atoms with Crippen molar-refractivity contribution in [1.29, 1.82) is 0 Å². The normalized spacial score (nSPS) is 21.9. The van der Waals surface area contributed by atoms with Crippen LogP contribution in [0, 0.1) is 11.8 Å². The highest BCUT2D eigenvalue weighted by Crippen LogP contribution is 2.29. The highest BCUT2D eigenvalue weighted by atomic mass is 16.2. The maximum Gasteiger partial charge on any atom is 0.334 e. The molecule has 0 aromatic heterocycles. The number of amides is 3. The molecule has 0 saturated carbocycles. The monoisotopic (exact) mass is 601 g/mol. The third kappa shape index (κ3) is 9.54. The van der Waals surface area contributed by atoms with E-state index in [9.17, 15) is 9.59 Å². The summed E-state index contributed by atoms with van der Waals surface area (Å²) in [5.41, 5.74) is 3.56. The molecule has 4 unspecified atom stereocenters. The predicted octanol–water partition coefficient (Wildman–Crippen LogP) is 6.76. The average Bonchev–Trinajstić information content (AvgIpc) is 3.42. The Labute approximate surface area is 266 Å². The van der Waals surface area contributed by atoms with E-state index in [0.29, 0.717) is 24.9 Å². The fourth-order valence-corrected chi connectivity index (χ4v) is 6.27. The molecule has 1 fully saturated rings. The number of rotatable bonds is 14. The summed E-state index contributed by atoms with van der Waals surface area (Å²) in [5.74, 6) is 1.04. The number of hydrazine groups is 1. The van der Waals surface area contributed by atoms with Gasteiger partial charge in [0.05, 0.1) is 6.54 Å². The third-order valence-corrected chi connectivity index (χ3v) is 8.78. The molecule has 1 heterocycles. The van der Waals surface area contributed by atoms with Gasteiger partial charge in [0.2, 0.25) is 5.91 Å². The zero-order valence-corrected chi connectivity index (χ0v) is 28.2. The fourth-order valence-electron chi connectivity index (χ4n) is 6.27. The molecule has 1 aromatic rings. The molecule has 240 valence electrons. The minimum Gasteiger partial charge on any atom is -0.333 e. The van der Waals surface area contributed by atoms with Gasteiger partial charge < -0.3 is 15.1 Å². The van der Waals surface area contributed by atoms with Gasteiger partial charge in [-0.3, -0.25) is 4.79 Å². The molecule has 1 N–H and O–H groups in total. The number of hydrogen-bond acceptors (Lipinski definition) is 4. The van der Waals surface area contributed by atoms with Gasteiger partial charge in [-0.05, 0) is 62.8 Å². The molecule has 1 aliphatic heterocycles. The second-order valence-electron chi connectivity index (χ2n) is 12.5. The molecular weight excluding hydrogens is 546 g/mol. The van der Waals surface area contributed by atoms with Gasteiger partial charge in [0.15, 0.2) is 0 Å². The van der Waals surface area contributed by atoms with Crippen molar-refractivity contribution in [3.05, 3.63) is 95.6 Å². The van der Waals surface area contributed by atoms with E-state index in [-0.39, 0.29) is 30.4 Å². The first-order valence-corrected chi connectivity index (χ1v) is 16.3. The molecule has 0 spiro atoms. The predicted molar refractivity (Wildman–Crippen MR) is 183 cm³/mol. The summed E-state index contributed by atoms with van der Waals surface area (Å²) in [6, 6.07) is 10.4. The van der Waals surface area contributed by atoms with E-state index in [1.807, 2.05) is 37.1 Å². The lowest BCUT2D eigenvalue weighted by molar-refractivity contribution is -0.170. The van der Waals surface area contributed by atoms with Gasteiger partial charge in [0, 0.05) is 38.6 Å². The number of hydrogen-bond donors (Lipinski definition) is 1. The molecule has 5 atom stereocenters. The van der Waals surface area contributed by atoms with Crippen LogP contribution in [-0.2, 0) is 4.79 Å². The number of allylic oxidation sites excluding steroid dienone is 7. The Bertz CT molecular complexity index is 1230. The maximum atomic E-state index is 13.9. The number of carbonyl (C=O) groups excluding carboxylic acids is 2. The Kier molecular flexibility index (Phi) is 13.7. The number of urea groups is 1. The van der Waals surface area contributed by atoms with Crippen LogP contribution < -0.4 is 5.32 Å². The van der Waals surface area contributed by atoms with E-state index in [2.05, 4.69) is 113 Å². The largest absolute Gasteiger partial charge is 0.334 e. The SMILES string of the molecule is C\C=C/C=C\C(=C/C)C(CN(C)CC1N([C@H](C)CC(C)CC)C(=O)CN(C)N1C(=O)NCC1=CC(C)C=C1)c1ccccc1. The standard InChI is InChI=1S/C37H55N5O2/c1-9-12-14-17-32(11-3)34(33-18-15-13-16-19-33)25-39(7)26-35-41(30(6)22-28(4)10-2)36(43)27-40(8)42(35)37(44)38-24-31-21-20-29(5)23-31/h9,11-21,23,28-30,34-35H,10,22,24-27H2,1-8H3,(H,38,44)/b12-9-,17-14-,32-11+/t28?,29?,30-,34?,35?/m1/s1. The van der Waals surface area contributed by atoms with Crippen LogP contribution >= 0.6 is 0 Å². The lowest BCUT2D eigenvalue weighted by Gasteiger charge is -2.51. The minimum atomic E-state index is -0.443. The van der Waals surface area contributed by atoms with Crippen molar-refractivity contribution in [3.63, 3.8) is 0 Å². The van der Waals surface area contributed by atoms with Gasteiger partial charge in [-0.25, -0.2) is 14.8 Å². The third-order valence-electron chi connectivity index (χ3n) is 8.78. The summed E-state index contributed by atoms with van der Waals surface area (Å²) in [7, 11) is 3.94. The van der Waals surface area contributed by atoms with Gasteiger partial charge in [-0.2, -0.15) is 0 Å². The lowest BCUT2D eigenvalue weighted by Crippen LogP contribution is -2.71. The van der Waals surface area contributed by atoms with E-state index < -0.39 is 6.17 Å². The summed E-state index contributed by atoms with van der Waals surface area (Å²) in [6.07, 6.45) is 18.4. The van der Waals surface area contributed by atoms with Crippen LogP contribution in [0.3, 0.4) is 0 Å². The molecule has 44 heavy (non-hydrogen) atoms. The van der Waals surface area contributed by atoms with Gasteiger partial charge in [-0.1, -0.05) is 106 Å². The number of carbonyl (C=O) groups is 2. The van der Waals surface area contributed by atoms with E-state index in [1.54, 1.807) is 10.0 Å². The Morgan fingerprint density at radius 2 is 1.89 bits per heavy atom. The maximum absolute atomic E-state index is 13.9. The van der Waals surface area contributed by atoms with Gasteiger partial charge in [0.1, 0.15) is 6.17 Å². The Morgan fingerprint density at radius 1 is 1.16 bits per heavy atom. The Morgan fingerprint density at radius 3 is 2.50 bits per heavy atom. The van der Waals surface area contributed by atoms with Crippen molar-refractivity contribution < 1.29 is 9.59 Å². The van der Waals surface area contributed by atoms with Crippen LogP contribution in [0.15, 0.2) is 90.1 Å². The van der Waals surface area contributed by atoms with Crippen molar-refractivity contribution in [1.82, 2.24) is 25.1 Å². The van der Waals surface area contributed by atoms with Crippen molar-refractivity contribution >= 4 is 11.9 Å². The molecule has 0 radical (unpaired) electrons. The van der Waals surface area contributed by atoms with Crippen LogP contribution in [0.5, 0.6) is 0 Å². The summed E-state index contributed by atoms with van der Waals surface area (Å²) in [4.78, 5) is 31.8. The highest BCUT2D eigenvalue weighted by Gasteiger charge is 2.43. The molecule has 3 rings (SSSR count). The van der Waals surface area contributed by atoms with Crippen LogP contribution in [0.4, 0.5) is 4.79 Å². The van der Waals surface area contributed by atoms with Gasteiger partial charge >= 0.3 is 6.03 Å². The second-order valence-corrected chi connectivity index (χ2v) is 12.5. The fraction of sp³-hybridized carbons (Fsp3) is 0.514. The molecule has 0 bridgehead atoms. The number of benzene rings is 1. The van der Waals surface area contributed by atoms with Gasteiger partial charge in [-0.15, -0.1) is 0 Å². The van der Waals surface area contributed by atoms with E-state index in [1.165, 1.54) is 11.1 Å². The zero-order valence-electron chi connectivity index (χ0n) is 28.2. The summed E-state index contributed by atoms with van der Waals surface area (Å²) in [5, 5.41) is 6.70. The Balaban J connectivity index is 1.93. The topological polar surface area (TPSA) is 59.1 Å². The van der Waals surface area contributed by atoms with E-state index in [4.69, 9.17) is 0 Å². The first-order chi connectivity index (χ1) is 21.1. The molecule has 1 saturated heterocycles. The quantitative estimate of drug-likeness (QED) is 0.239. The van der Waals surface area contributed by atoms with Crippen molar-refractivity contribution in [3.8, 4) is 0 Å². The van der Waals surface area contributed by atoms with Gasteiger partial charge in [0.25, 0.3) is 0 Å². The summed E-state index contributed by atoms with van der Waals surface area (Å²) >= 11 is 0. The first-order valence-electron chi connectivity index (χ1n) is 16.3. The molecule has 2 aliphatic rings. The molecular formula is C37H55N5O2. The van der Waals surface area contributed by atoms with Crippen molar-refractivity contribution in [2.45, 2.75) is 72.5 Å². The first kappa shape index (κ1) is 35.1. The van der Waals surface area contributed by atoms with Crippen LogP contribution in [-0.4, -0.2) is 84.2 Å². The second kappa shape index (κ2) is 17.2. The van der Waals surface area contributed by atoms with Crippen molar-refractivity contribution in [2.75, 3.05) is 40.3 Å². The van der Waals surface area contributed by atoms with Crippen molar-refractivity contribution in [2.24, 2.45) is 11.8 Å². The molecule has 3 amide bonds. The zero-order chi connectivity index (χ0) is 32.2. The molecule has 1 aromatic carbocycles. The van der Waals surface area contributed by atoms with E-state index in [0.717, 1.165) is 25.0 Å². The average molecular weight is 602 g/mol. The number of nitrogens with one attached hydrogen (secondary N) is 1. The highest BCUT2D eigenvalue weighted by molar-refractivity contribution is 5.82. The summed E-state index contributed by atoms with van der Waals surface area (Å²) in [6.45, 7) is 14.7. The smallest absolute Gasteiger partial charge is 0.333 e. The van der Waals surface area contributed by atoms with Crippen LogP contribution in [0.25, 0.3) is 0 Å². The number of likely N-dealkylation sites (N-methyl/N-ethyl adjacent to an activating group) is 2. The van der Waals surface area contributed by atoms with E-state index >= 15 is 0 Å². The molecule has 1 aliphatic carbocycles.